The molecule has 1 aromatic heterocycles. The predicted octanol–water partition coefficient (Wildman–Crippen LogP) is 3.90. The van der Waals surface area contributed by atoms with Crippen molar-refractivity contribution in [3.8, 4) is 5.75 Å². The van der Waals surface area contributed by atoms with Crippen molar-refractivity contribution in [2.45, 2.75) is 19.4 Å². The summed E-state index contributed by atoms with van der Waals surface area (Å²) in [5.41, 5.74) is 3.71. The second-order valence-electron chi connectivity index (χ2n) is 8.13. The van der Waals surface area contributed by atoms with Gasteiger partial charge in [0.25, 0.3) is 5.91 Å². The van der Waals surface area contributed by atoms with Crippen LogP contribution in [0.15, 0.2) is 69.8 Å². The number of anilines is 2. The third kappa shape index (κ3) is 6.26. The molecule has 39 heavy (non-hydrogen) atoms. The smallest absolute Gasteiger partial charge is 0.338 e. The van der Waals surface area contributed by atoms with Gasteiger partial charge in [0.2, 0.25) is 11.0 Å². The Labute approximate surface area is 237 Å². The fourth-order valence-corrected chi connectivity index (χ4v) is 4.44. The Bertz CT molecular complexity index is 1410. The second-order valence-corrected chi connectivity index (χ2v) is 9.28. The number of rotatable bonds is 9. The van der Waals surface area contributed by atoms with Crippen LogP contribution < -0.4 is 20.4 Å². The van der Waals surface area contributed by atoms with Crippen molar-refractivity contribution < 1.29 is 33.1 Å². The van der Waals surface area contributed by atoms with Crippen LogP contribution in [0.1, 0.15) is 34.3 Å². The van der Waals surface area contributed by atoms with Crippen molar-refractivity contribution in [2.75, 3.05) is 23.9 Å². The molecule has 0 saturated carbocycles. The van der Waals surface area contributed by atoms with Crippen LogP contribution in [0.5, 0.6) is 5.75 Å². The number of hydrazine groups is 1. The number of hydrogen-bond donors (Lipinski definition) is 2. The normalized spacial score (nSPS) is 14.8. The van der Waals surface area contributed by atoms with Gasteiger partial charge in [-0.1, -0.05) is 0 Å². The number of nitrogens with zero attached hydrogens (tertiary/aromatic N) is 2. The SMILES string of the molecule is CCOC(=O)c1ccc(N2C(=O)C(CC(=O)Nc3ccc(OC)cc3)N(NC(=O)c3ccc(Br)o3)C2=S)cc1. The van der Waals surface area contributed by atoms with Crippen LogP contribution in [0, 0.1) is 0 Å². The molecule has 1 unspecified atom stereocenters. The van der Waals surface area contributed by atoms with Gasteiger partial charge in [-0.15, -0.1) is 0 Å². The maximum absolute atomic E-state index is 13.6. The van der Waals surface area contributed by atoms with Gasteiger partial charge in [0.05, 0.1) is 31.4 Å². The molecule has 2 heterocycles. The molecule has 1 atom stereocenters. The van der Waals surface area contributed by atoms with E-state index in [-0.39, 0.29) is 23.9 Å². The van der Waals surface area contributed by atoms with Crippen molar-refractivity contribution in [2.24, 2.45) is 0 Å². The van der Waals surface area contributed by atoms with Crippen LogP contribution in [0.3, 0.4) is 0 Å². The molecule has 202 valence electrons. The fraction of sp³-hybridized carbons (Fsp3) is 0.192. The minimum Gasteiger partial charge on any atom is -0.497 e. The summed E-state index contributed by atoms with van der Waals surface area (Å²) in [7, 11) is 1.53. The lowest BCUT2D eigenvalue weighted by molar-refractivity contribution is -0.124. The Hall–Kier alpha value is -4.23. The molecule has 0 aliphatic carbocycles. The molecule has 0 bridgehead atoms. The van der Waals surface area contributed by atoms with Crippen LogP contribution in [-0.2, 0) is 14.3 Å². The molecule has 0 radical (unpaired) electrons. The first-order valence-electron chi connectivity index (χ1n) is 11.7. The molecular formula is C26H23BrN4O7S. The lowest BCUT2D eigenvalue weighted by Crippen LogP contribution is -2.49. The van der Waals surface area contributed by atoms with Crippen molar-refractivity contribution >= 4 is 68.3 Å². The van der Waals surface area contributed by atoms with Crippen LogP contribution in [0.2, 0.25) is 0 Å². The van der Waals surface area contributed by atoms with E-state index in [0.717, 1.165) is 5.01 Å². The number of halogens is 1. The molecule has 11 nitrogen and oxygen atoms in total. The van der Waals surface area contributed by atoms with E-state index >= 15 is 0 Å². The number of ether oxygens (including phenoxy) is 2. The summed E-state index contributed by atoms with van der Waals surface area (Å²) in [6.45, 7) is 1.92. The van der Waals surface area contributed by atoms with Gasteiger partial charge in [-0.3, -0.25) is 24.7 Å². The molecule has 13 heteroatoms. The van der Waals surface area contributed by atoms with Crippen molar-refractivity contribution in [3.05, 3.63) is 76.7 Å². The van der Waals surface area contributed by atoms with E-state index in [0.29, 0.717) is 27.4 Å². The van der Waals surface area contributed by atoms with Crippen molar-refractivity contribution in [1.82, 2.24) is 10.4 Å². The molecule has 1 saturated heterocycles. The number of carbonyl (C=O) groups is 4. The first-order chi connectivity index (χ1) is 18.7. The first kappa shape index (κ1) is 27.8. The van der Waals surface area contributed by atoms with E-state index in [9.17, 15) is 19.2 Å². The minimum atomic E-state index is -1.16. The topological polar surface area (TPSA) is 130 Å². The standard InChI is InChI=1S/C26H23BrN4O7S/c1-3-37-25(35)15-4-8-17(9-5-15)30-24(34)19(14-22(32)28-16-6-10-18(36-2)11-7-16)31(26(30)39)29-23(33)20-12-13-21(27)38-20/h4-13,19H,3,14H2,1-2H3,(H,28,32)(H,29,33). The fourth-order valence-electron chi connectivity index (χ4n) is 3.76. The Morgan fingerprint density at radius 3 is 2.33 bits per heavy atom. The van der Waals surface area contributed by atoms with E-state index < -0.39 is 29.7 Å². The van der Waals surface area contributed by atoms with Crippen molar-refractivity contribution in [1.29, 1.82) is 0 Å². The largest absolute Gasteiger partial charge is 0.497 e. The average molecular weight is 615 g/mol. The van der Waals surface area contributed by atoms with Crippen LogP contribution in [0.25, 0.3) is 0 Å². The van der Waals surface area contributed by atoms with Gasteiger partial charge in [-0.05, 0) is 95.7 Å². The van der Waals surface area contributed by atoms with Crippen LogP contribution >= 0.6 is 28.1 Å². The highest BCUT2D eigenvalue weighted by Crippen LogP contribution is 2.27. The molecular weight excluding hydrogens is 592 g/mol. The number of amides is 3. The summed E-state index contributed by atoms with van der Waals surface area (Å²) in [6.07, 6.45) is -0.329. The monoisotopic (exact) mass is 614 g/mol. The highest BCUT2D eigenvalue weighted by Gasteiger charge is 2.45. The molecule has 3 amide bonds. The summed E-state index contributed by atoms with van der Waals surface area (Å²) in [5, 5.41) is 3.82. The Morgan fingerprint density at radius 2 is 1.74 bits per heavy atom. The minimum absolute atomic E-state index is 0.0317. The summed E-state index contributed by atoms with van der Waals surface area (Å²) in [4.78, 5) is 52.6. The summed E-state index contributed by atoms with van der Waals surface area (Å²) < 4.78 is 15.8. The number of nitrogens with one attached hydrogen (secondary N) is 2. The van der Waals surface area contributed by atoms with E-state index in [1.165, 1.54) is 42.3 Å². The third-order valence-corrected chi connectivity index (χ3v) is 6.43. The second kappa shape index (κ2) is 12.1. The highest BCUT2D eigenvalue weighted by molar-refractivity contribution is 9.10. The molecule has 1 fully saturated rings. The summed E-state index contributed by atoms with van der Waals surface area (Å²) >= 11 is 8.69. The van der Waals surface area contributed by atoms with E-state index in [2.05, 4.69) is 26.7 Å². The zero-order chi connectivity index (χ0) is 28.1. The Morgan fingerprint density at radius 1 is 1.05 bits per heavy atom. The molecule has 2 aromatic carbocycles. The van der Waals surface area contributed by atoms with E-state index in [4.69, 9.17) is 26.1 Å². The Kier molecular flexibility index (Phi) is 8.62. The highest BCUT2D eigenvalue weighted by atomic mass is 79.9. The number of thiocarbonyl (C=S) groups is 1. The van der Waals surface area contributed by atoms with Crippen molar-refractivity contribution in [3.63, 3.8) is 0 Å². The summed E-state index contributed by atoms with van der Waals surface area (Å²) in [5.74, 6) is -1.62. The summed E-state index contributed by atoms with van der Waals surface area (Å²) in [6, 6.07) is 14.5. The maximum atomic E-state index is 13.6. The van der Waals surface area contributed by atoms with Gasteiger partial charge in [0.1, 0.15) is 11.8 Å². The average Bonchev–Trinajstić information content (AvgIpc) is 3.46. The van der Waals surface area contributed by atoms with Gasteiger partial charge >= 0.3 is 11.9 Å². The maximum Gasteiger partial charge on any atom is 0.338 e. The number of furan rings is 1. The van der Waals surface area contributed by atoms with E-state index in [1.54, 1.807) is 37.3 Å². The molecule has 1 aliphatic heterocycles. The number of benzene rings is 2. The van der Waals surface area contributed by atoms with Gasteiger partial charge in [0, 0.05) is 5.69 Å². The lowest BCUT2D eigenvalue weighted by atomic mass is 10.1. The number of hydrogen-bond acceptors (Lipinski definition) is 8. The number of carbonyl (C=O) groups excluding carboxylic acids is 4. The lowest BCUT2D eigenvalue weighted by Gasteiger charge is -2.23. The molecule has 0 spiro atoms. The Balaban J connectivity index is 1.58. The zero-order valence-corrected chi connectivity index (χ0v) is 23.2. The quantitative estimate of drug-likeness (QED) is 0.272. The van der Waals surface area contributed by atoms with Gasteiger partial charge in [-0.25, -0.2) is 9.80 Å². The molecule has 2 N–H and O–H groups in total. The number of methoxy groups -OCH3 is 1. The van der Waals surface area contributed by atoms with Crippen LogP contribution in [0.4, 0.5) is 11.4 Å². The number of esters is 1. The predicted molar refractivity (Wildman–Crippen MR) is 148 cm³/mol. The molecule has 4 rings (SSSR count). The van der Waals surface area contributed by atoms with Crippen LogP contribution in [-0.4, -0.2) is 53.6 Å². The zero-order valence-electron chi connectivity index (χ0n) is 20.8. The molecule has 3 aromatic rings. The third-order valence-electron chi connectivity index (χ3n) is 5.62. The van der Waals surface area contributed by atoms with Gasteiger partial charge < -0.3 is 19.2 Å². The van der Waals surface area contributed by atoms with E-state index in [1.807, 2.05) is 0 Å². The first-order valence-corrected chi connectivity index (χ1v) is 12.9. The van der Waals surface area contributed by atoms with Gasteiger partial charge in [0.15, 0.2) is 10.4 Å². The molecule has 1 aliphatic rings. The van der Waals surface area contributed by atoms with Gasteiger partial charge in [-0.2, -0.15) is 0 Å².